The van der Waals surface area contributed by atoms with Gasteiger partial charge in [-0.1, -0.05) is 6.07 Å². The SMILES string of the molecule is C[C@@H]1CC2(C[C@H](c3ccccn3)N1)OCCCO2. The van der Waals surface area contributed by atoms with Crippen molar-refractivity contribution in [2.75, 3.05) is 13.2 Å². The third-order valence-corrected chi connectivity index (χ3v) is 3.68. The highest BCUT2D eigenvalue weighted by Crippen LogP contribution is 2.37. The van der Waals surface area contributed by atoms with Crippen molar-refractivity contribution in [1.29, 1.82) is 0 Å². The van der Waals surface area contributed by atoms with Crippen LogP contribution in [0.25, 0.3) is 0 Å². The van der Waals surface area contributed by atoms with E-state index in [0.717, 1.165) is 38.2 Å². The van der Waals surface area contributed by atoms with Crippen molar-refractivity contribution in [3.63, 3.8) is 0 Å². The summed E-state index contributed by atoms with van der Waals surface area (Å²) in [4.78, 5) is 4.44. The number of nitrogens with one attached hydrogen (secondary N) is 1. The molecular weight excluding hydrogens is 228 g/mol. The zero-order valence-electron chi connectivity index (χ0n) is 10.8. The predicted octanol–water partition coefficient (Wildman–Crippen LogP) is 2.03. The first-order valence-corrected chi connectivity index (χ1v) is 6.72. The van der Waals surface area contributed by atoms with Crippen LogP contribution in [0.2, 0.25) is 0 Å². The Hall–Kier alpha value is -0.970. The fourth-order valence-electron chi connectivity index (χ4n) is 2.95. The fourth-order valence-corrected chi connectivity index (χ4v) is 2.95. The summed E-state index contributed by atoms with van der Waals surface area (Å²) in [5.41, 5.74) is 1.07. The van der Waals surface area contributed by atoms with Crippen LogP contribution in [0.5, 0.6) is 0 Å². The third-order valence-electron chi connectivity index (χ3n) is 3.68. The van der Waals surface area contributed by atoms with Crippen LogP contribution < -0.4 is 5.32 Å². The van der Waals surface area contributed by atoms with E-state index in [-0.39, 0.29) is 6.04 Å². The summed E-state index contributed by atoms with van der Waals surface area (Å²) in [7, 11) is 0. The quantitative estimate of drug-likeness (QED) is 0.826. The topological polar surface area (TPSA) is 43.4 Å². The minimum atomic E-state index is -0.398. The maximum atomic E-state index is 5.94. The average molecular weight is 248 g/mol. The lowest BCUT2D eigenvalue weighted by Gasteiger charge is -2.45. The van der Waals surface area contributed by atoms with Gasteiger partial charge in [0.25, 0.3) is 0 Å². The van der Waals surface area contributed by atoms with Crippen LogP contribution >= 0.6 is 0 Å². The molecule has 0 aromatic carbocycles. The van der Waals surface area contributed by atoms with Crippen molar-refractivity contribution in [2.24, 2.45) is 0 Å². The van der Waals surface area contributed by atoms with Gasteiger partial charge in [0.1, 0.15) is 0 Å². The minimum Gasteiger partial charge on any atom is -0.350 e. The Labute approximate surface area is 108 Å². The van der Waals surface area contributed by atoms with Gasteiger partial charge in [-0.3, -0.25) is 4.98 Å². The van der Waals surface area contributed by atoms with Gasteiger partial charge in [-0.15, -0.1) is 0 Å². The maximum Gasteiger partial charge on any atom is 0.171 e. The first kappa shape index (κ1) is 12.1. The Morgan fingerprint density at radius 1 is 1.28 bits per heavy atom. The highest BCUT2D eigenvalue weighted by molar-refractivity contribution is 5.11. The number of pyridine rings is 1. The normalized spacial score (nSPS) is 31.4. The monoisotopic (exact) mass is 248 g/mol. The summed E-state index contributed by atoms with van der Waals surface area (Å²) in [5.74, 6) is -0.398. The molecule has 2 saturated heterocycles. The van der Waals surface area contributed by atoms with Crippen molar-refractivity contribution in [2.45, 2.75) is 44.1 Å². The van der Waals surface area contributed by atoms with Crippen molar-refractivity contribution >= 4 is 0 Å². The molecule has 0 saturated carbocycles. The molecule has 4 nitrogen and oxygen atoms in total. The van der Waals surface area contributed by atoms with Gasteiger partial charge in [-0.2, -0.15) is 0 Å². The second-order valence-electron chi connectivity index (χ2n) is 5.24. The average Bonchev–Trinajstić information content (AvgIpc) is 2.40. The molecule has 0 bridgehead atoms. The lowest BCUT2D eigenvalue weighted by atomic mass is 9.90. The summed E-state index contributed by atoms with van der Waals surface area (Å²) in [5, 5.41) is 3.58. The summed E-state index contributed by atoms with van der Waals surface area (Å²) >= 11 is 0. The molecule has 1 aromatic rings. The molecular formula is C14H20N2O2. The molecule has 0 aliphatic carbocycles. The molecule has 98 valence electrons. The molecule has 2 aliphatic heterocycles. The van der Waals surface area contributed by atoms with E-state index in [1.165, 1.54) is 0 Å². The van der Waals surface area contributed by atoms with Crippen LogP contribution in [-0.2, 0) is 9.47 Å². The lowest BCUT2D eigenvalue weighted by Crippen LogP contribution is -2.53. The number of aromatic nitrogens is 1. The number of rotatable bonds is 1. The smallest absolute Gasteiger partial charge is 0.171 e. The second kappa shape index (κ2) is 4.96. The summed E-state index contributed by atoms with van der Waals surface area (Å²) in [6, 6.07) is 6.63. The van der Waals surface area contributed by atoms with Crippen molar-refractivity contribution in [1.82, 2.24) is 10.3 Å². The highest BCUT2D eigenvalue weighted by Gasteiger charge is 2.43. The van der Waals surface area contributed by atoms with E-state index in [1.54, 1.807) is 0 Å². The van der Waals surface area contributed by atoms with Crippen LogP contribution in [0.3, 0.4) is 0 Å². The van der Waals surface area contributed by atoms with Crippen molar-refractivity contribution < 1.29 is 9.47 Å². The Kier molecular flexibility index (Phi) is 3.33. The zero-order valence-corrected chi connectivity index (χ0v) is 10.8. The van der Waals surface area contributed by atoms with Gasteiger partial charge in [-0.25, -0.2) is 0 Å². The summed E-state index contributed by atoms with van der Waals surface area (Å²) < 4.78 is 11.9. The van der Waals surface area contributed by atoms with E-state index in [4.69, 9.17) is 9.47 Å². The molecule has 3 heterocycles. The van der Waals surface area contributed by atoms with E-state index in [1.807, 2.05) is 18.3 Å². The second-order valence-corrected chi connectivity index (χ2v) is 5.24. The molecule has 1 spiro atoms. The molecule has 18 heavy (non-hydrogen) atoms. The number of hydrogen-bond donors (Lipinski definition) is 1. The number of nitrogens with zero attached hydrogens (tertiary/aromatic N) is 1. The van der Waals surface area contributed by atoms with E-state index in [2.05, 4.69) is 23.3 Å². The van der Waals surface area contributed by atoms with Crippen LogP contribution in [0, 0.1) is 0 Å². The van der Waals surface area contributed by atoms with E-state index >= 15 is 0 Å². The lowest BCUT2D eigenvalue weighted by molar-refractivity contribution is -0.286. The van der Waals surface area contributed by atoms with Gasteiger partial charge >= 0.3 is 0 Å². The molecule has 0 amide bonds. The largest absolute Gasteiger partial charge is 0.350 e. The molecule has 2 aliphatic rings. The van der Waals surface area contributed by atoms with Crippen LogP contribution in [-0.4, -0.2) is 30.0 Å². The standard InChI is InChI=1S/C14H20N2O2/c1-11-9-14(17-7-4-8-18-14)10-13(16-11)12-5-2-3-6-15-12/h2-3,5-6,11,13,16H,4,7-10H2,1H3/t11-,13-/m1/s1. The van der Waals surface area contributed by atoms with Gasteiger partial charge < -0.3 is 14.8 Å². The first-order valence-electron chi connectivity index (χ1n) is 6.72. The number of piperidine rings is 1. The molecule has 0 radical (unpaired) electrons. The highest BCUT2D eigenvalue weighted by atomic mass is 16.7. The van der Waals surface area contributed by atoms with Gasteiger partial charge in [0.2, 0.25) is 0 Å². The van der Waals surface area contributed by atoms with E-state index in [9.17, 15) is 0 Å². The van der Waals surface area contributed by atoms with Gasteiger partial charge in [0.05, 0.1) is 24.9 Å². The Morgan fingerprint density at radius 3 is 2.83 bits per heavy atom. The van der Waals surface area contributed by atoms with Gasteiger partial charge in [-0.05, 0) is 25.5 Å². The fraction of sp³-hybridized carbons (Fsp3) is 0.643. The van der Waals surface area contributed by atoms with Gasteiger partial charge in [0.15, 0.2) is 5.79 Å². The van der Waals surface area contributed by atoms with Crippen molar-refractivity contribution in [3.05, 3.63) is 30.1 Å². The summed E-state index contributed by atoms with van der Waals surface area (Å²) in [6.45, 7) is 3.79. The number of ether oxygens (including phenoxy) is 2. The van der Waals surface area contributed by atoms with Crippen LogP contribution in [0.15, 0.2) is 24.4 Å². The Balaban J connectivity index is 1.80. The van der Waals surface area contributed by atoms with E-state index in [0.29, 0.717) is 6.04 Å². The molecule has 2 atom stereocenters. The van der Waals surface area contributed by atoms with E-state index < -0.39 is 5.79 Å². The summed E-state index contributed by atoms with van der Waals surface area (Å²) in [6.07, 6.45) is 4.59. The van der Waals surface area contributed by atoms with Crippen LogP contribution in [0.1, 0.15) is 37.9 Å². The molecule has 1 aromatic heterocycles. The minimum absolute atomic E-state index is 0.216. The van der Waals surface area contributed by atoms with Crippen LogP contribution in [0.4, 0.5) is 0 Å². The van der Waals surface area contributed by atoms with Crippen molar-refractivity contribution in [3.8, 4) is 0 Å². The number of hydrogen-bond acceptors (Lipinski definition) is 4. The molecule has 1 N–H and O–H groups in total. The van der Waals surface area contributed by atoms with Gasteiger partial charge in [0, 0.05) is 25.1 Å². The molecule has 3 rings (SSSR count). The Bertz CT molecular complexity index is 390. The molecule has 4 heteroatoms. The molecule has 0 unspecified atom stereocenters. The predicted molar refractivity (Wildman–Crippen MR) is 68.1 cm³/mol. The Morgan fingerprint density at radius 2 is 2.11 bits per heavy atom. The molecule has 2 fully saturated rings. The first-order chi connectivity index (χ1) is 8.77. The third kappa shape index (κ3) is 2.41. The zero-order chi connectivity index (χ0) is 12.4. The maximum absolute atomic E-state index is 5.94.